The highest BCUT2D eigenvalue weighted by Gasteiger charge is 2.20. The Morgan fingerprint density at radius 1 is 1.22 bits per heavy atom. The van der Waals surface area contributed by atoms with Crippen molar-refractivity contribution in [1.82, 2.24) is 14.9 Å². The summed E-state index contributed by atoms with van der Waals surface area (Å²) in [7, 11) is 0. The van der Waals surface area contributed by atoms with E-state index in [4.69, 9.17) is 9.47 Å². The zero-order chi connectivity index (χ0) is 22.3. The van der Waals surface area contributed by atoms with Gasteiger partial charge in [-0.2, -0.15) is 0 Å². The molecule has 3 aromatic rings. The number of nitrogens with one attached hydrogen (secondary N) is 1. The molecule has 1 aliphatic carbocycles. The van der Waals surface area contributed by atoms with Gasteiger partial charge >= 0.3 is 5.97 Å². The number of esters is 1. The molecule has 1 aliphatic rings. The van der Waals surface area contributed by atoms with Crippen LogP contribution in [0.25, 0.3) is 10.4 Å². The van der Waals surface area contributed by atoms with Gasteiger partial charge < -0.3 is 19.9 Å². The number of aliphatic hydroxyl groups is 1. The summed E-state index contributed by atoms with van der Waals surface area (Å²) in [4.78, 5) is 12.7. The summed E-state index contributed by atoms with van der Waals surface area (Å²) in [5.74, 6) is 0.170. The quantitative estimate of drug-likeness (QED) is 0.480. The van der Waals surface area contributed by atoms with E-state index >= 15 is 0 Å². The van der Waals surface area contributed by atoms with Gasteiger partial charge in [-0.25, -0.2) is 4.79 Å². The number of benzene rings is 2. The second-order valence-electron chi connectivity index (χ2n) is 7.78. The van der Waals surface area contributed by atoms with E-state index in [1.165, 1.54) is 11.1 Å². The minimum atomic E-state index is -0.604. The van der Waals surface area contributed by atoms with Crippen LogP contribution < -0.4 is 10.1 Å². The van der Waals surface area contributed by atoms with Crippen LogP contribution in [0.2, 0.25) is 0 Å². The van der Waals surface area contributed by atoms with Crippen molar-refractivity contribution in [3.63, 3.8) is 0 Å². The van der Waals surface area contributed by atoms with Crippen molar-refractivity contribution in [2.24, 2.45) is 0 Å². The first-order chi connectivity index (χ1) is 15.6. The van der Waals surface area contributed by atoms with Crippen LogP contribution in [0.15, 0.2) is 48.5 Å². The lowest BCUT2D eigenvalue weighted by atomic mass is 9.88. The Bertz CT molecular complexity index is 1040. The third kappa shape index (κ3) is 5.51. The maximum atomic E-state index is 12.0. The van der Waals surface area contributed by atoms with Gasteiger partial charge in [-0.3, -0.25) is 0 Å². The number of aromatic nitrogens is 2. The Morgan fingerprint density at radius 3 is 2.78 bits per heavy atom. The van der Waals surface area contributed by atoms with E-state index in [0.717, 1.165) is 36.4 Å². The largest absolute Gasteiger partial charge is 0.491 e. The predicted molar refractivity (Wildman–Crippen MR) is 123 cm³/mol. The van der Waals surface area contributed by atoms with Crippen LogP contribution in [0.1, 0.15) is 35.0 Å². The number of aliphatic hydroxyl groups excluding tert-OH is 1. The van der Waals surface area contributed by atoms with Gasteiger partial charge in [0.05, 0.1) is 11.5 Å². The topological polar surface area (TPSA) is 93.6 Å². The Labute approximate surface area is 191 Å². The second kappa shape index (κ2) is 10.7. The van der Waals surface area contributed by atoms with Crippen molar-refractivity contribution < 1.29 is 19.4 Å². The molecule has 2 N–H and O–H groups in total. The molecule has 32 heavy (non-hydrogen) atoms. The molecule has 0 bridgehead atoms. The average Bonchev–Trinajstić information content (AvgIpc) is 3.32. The SMILES string of the molecule is CCOC(=O)c1nnsc1-c1ccc(OCC(O)CNC2CCc3ccccc3C2)cc1. The highest BCUT2D eigenvalue weighted by atomic mass is 32.1. The highest BCUT2D eigenvalue weighted by molar-refractivity contribution is 7.09. The van der Waals surface area contributed by atoms with E-state index in [1.54, 1.807) is 6.92 Å². The summed E-state index contributed by atoms with van der Waals surface area (Å²) < 4.78 is 14.6. The lowest BCUT2D eigenvalue weighted by Gasteiger charge is -2.26. The molecule has 1 heterocycles. The van der Waals surface area contributed by atoms with Gasteiger partial charge in [0.2, 0.25) is 0 Å². The lowest BCUT2D eigenvalue weighted by molar-refractivity contribution is 0.0520. The number of hydrogen-bond acceptors (Lipinski definition) is 8. The Hall–Kier alpha value is -2.81. The van der Waals surface area contributed by atoms with Crippen molar-refractivity contribution in [3.8, 4) is 16.2 Å². The number of carbonyl (C=O) groups excluding carboxylic acids is 1. The van der Waals surface area contributed by atoms with E-state index in [9.17, 15) is 9.90 Å². The van der Waals surface area contributed by atoms with Crippen molar-refractivity contribution in [2.45, 2.75) is 38.3 Å². The molecular formula is C24H27N3O4S. The fourth-order valence-corrected chi connectivity index (χ4v) is 4.50. The Kier molecular flexibility index (Phi) is 7.47. The Morgan fingerprint density at radius 2 is 2.00 bits per heavy atom. The molecule has 7 nitrogen and oxygen atoms in total. The van der Waals surface area contributed by atoms with Crippen LogP contribution >= 0.6 is 11.5 Å². The third-order valence-electron chi connectivity index (χ3n) is 5.50. The molecule has 0 saturated carbocycles. The molecular weight excluding hydrogens is 426 g/mol. The molecule has 4 rings (SSSR count). The molecule has 0 saturated heterocycles. The summed E-state index contributed by atoms with van der Waals surface area (Å²) >= 11 is 1.15. The van der Waals surface area contributed by atoms with Gasteiger partial charge in [0.25, 0.3) is 0 Å². The van der Waals surface area contributed by atoms with Gasteiger partial charge in [-0.05, 0) is 78.7 Å². The molecule has 2 atom stereocenters. The number of rotatable bonds is 9. The van der Waals surface area contributed by atoms with Crippen molar-refractivity contribution in [2.75, 3.05) is 19.8 Å². The van der Waals surface area contributed by atoms with Crippen molar-refractivity contribution in [3.05, 3.63) is 65.4 Å². The number of ether oxygens (including phenoxy) is 2. The number of aryl methyl sites for hydroxylation is 1. The molecule has 0 fully saturated rings. The fourth-order valence-electron chi connectivity index (χ4n) is 3.84. The molecule has 1 aromatic heterocycles. The molecule has 0 radical (unpaired) electrons. The van der Waals surface area contributed by atoms with Gasteiger partial charge in [0, 0.05) is 12.6 Å². The second-order valence-corrected chi connectivity index (χ2v) is 8.53. The average molecular weight is 454 g/mol. The Balaban J connectivity index is 1.25. The standard InChI is InChI=1S/C24H27N3O4S/c1-2-30-24(29)22-23(32-27-26-22)17-8-11-21(12-9-17)31-15-20(28)14-25-19-10-7-16-5-3-4-6-18(16)13-19/h3-6,8-9,11-12,19-20,25,28H,2,7,10,13-15H2,1H3. The van der Waals surface area contributed by atoms with Gasteiger partial charge in [0.15, 0.2) is 5.69 Å². The smallest absolute Gasteiger partial charge is 0.360 e. The van der Waals surface area contributed by atoms with Crippen LogP contribution in [-0.4, -0.2) is 52.6 Å². The first-order valence-electron chi connectivity index (χ1n) is 10.8. The molecule has 8 heteroatoms. The molecule has 2 aromatic carbocycles. The number of nitrogens with zero attached hydrogens (tertiary/aromatic N) is 2. The van der Waals surface area contributed by atoms with E-state index < -0.39 is 12.1 Å². The third-order valence-corrected chi connectivity index (χ3v) is 6.28. The van der Waals surface area contributed by atoms with E-state index in [1.807, 2.05) is 24.3 Å². The van der Waals surface area contributed by atoms with Crippen molar-refractivity contribution >= 4 is 17.5 Å². The maximum absolute atomic E-state index is 12.0. The first kappa shape index (κ1) is 22.4. The summed E-state index contributed by atoms with van der Waals surface area (Å²) in [6, 6.07) is 16.2. The van der Waals surface area contributed by atoms with Crippen molar-refractivity contribution in [1.29, 1.82) is 0 Å². The summed E-state index contributed by atoms with van der Waals surface area (Å²) in [5.41, 5.74) is 3.86. The van der Waals surface area contributed by atoms with Crippen LogP contribution in [0.5, 0.6) is 5.75 Å². The van der Waals surface area contributed by atoms with Crippen LogP contribution in [0.4, 0.5) is 0 Å². The van der Waals surface area contributed by atoms with Gasteiger partial charge in [-0.1, -0.05) is 28.8 Å². The zero-order valence-electron chi connectivity index (χ0n) is 18.0. The molecule has 0 spiro atoms. The summed E-state index contributed by atoms with van der Waals surface area (Å²) in [6.45, 7) is 2.72. The zero-order valence-corrected chi connectivity index (χ0v) is 18.8. The molecule has 168 valence electrons. The number of hydrogen-bond donors (Lipinski definition) is 2. The first-order valence-corrected chi connectivity index (χ1v) is 11.6. The van der Waals surface area contributed by atoms with Crippen LogP contribution in [0, 0.1) is 0 Å². The molecule has 0 aliphatic heterocycles. The monoisotopic (exact) mass is 453 g/mol. The molecule has 0 amide bonds. The summed E-state index contributed by atoms with van der Waals surface area (Å²) in [5, 5.41) is 17.7. The van der Waals surface area contributed by atoms with E-state index in [2.05, 4.69) is 39.2 Å². The molecule has 2 unspecified atom stereocenters. The van der Waals surface area contributed by atoms with Gasteiger partial charge in [0.1, 0.15) is 18.5 Å². The normalized spacial score (nSPS) is 16.2. The van der Waals surface area contributed by atoms with Gasteiger partial charge in [-0.15, -0.1) is 5.10 Å². The summed E-state index contributed by atoms with van der Waals surface area (Å²) in [6.07, 6.45) is 2.53. The number of fused-ring (bicyclic) bond motifs is 1. The highest BCUT2D eigenvalue weighted by Crippen LogP contribution is 2.28. The van der Waals surface area contributed by atoms with E-state index in [-0.39, 0.29) is 18.9 Å². The lowest BCUT2D eigenvalue weighted by Crippen LogP contribution is -2.40. The minimum Gasteiger partial charge on any atom is -0.491 e. The van der Waals surface area contributed by atoms with Crippen LogP contribution in [-0.2, 0) is 17.6 Å². The minimum absolute atomic E-state index is 0.200. The maximum Gasteiger partial charge on any atom is 0.360 e. The predicted octanol–water partition coefficient (Wildman–Crippen LogP) is 3.27. The number of carbonyl (C=O) groups is 1. The van der Waals surface area contributed by atoms with Crippen LogP contribution in [0.3, 0.4) is 0 Å². The fraction of sp³-hybridized carbons (Fsp3) is 0.375. The van der Waals surface area contributed by atoms with E-state index in [0.29, 0.717) is 23.2 Å².